The maximum atomic E-state index is 12.3. The Morgan fingerprint density at radius 1 is 1.17 bits per heavy atom. The van der Waals surface area contributed by atoms with Gasteiger partial charge in [0.15, 0.2) is 0 Å². The molecule has 0 saturated heterocycles. The molecule has 0 radical (unpaired) electrons. The standard InChI is InChI=1S/C16H18ClNO3S2/c1-21-15-8-7-14(17)11-16(15)23(19,20)18-9-10-22-12-13-5-3-2-4-6-13/h2-8,11,18H,9-10,12H2,1H3. The summed E-state index contributed by atoms with van der Waals surface area (Å²) in [6.45, 7) is 0.343. The normalized spacial score (nSPS) is 11.4. The first kappa shape index (κ1) is 18.1. The Morgan fingerprint density at radius 3 is 2.61 bits per heavy atom. The van der Waals surface area contributed by atoms with Gasteiger partial charge in [0.25, 0.3) is 0 Å². The smallest absolute Gasteiger partial charge is 0.244 e. The third kappa shape index (κ3) is 5.42. The molecule has 2 rings (SSSR count). The minimum atomic E-state index is -3.64. The third-order valence-electron chi connectivity index (χ3n) is 3.07. The van der Waals surface area contributed by atoms with E-state index in [1.54, 1.807) is 23.9 Å². The minimum absolute atomic E-state index is 0.0561. The Balaban J connectivity index is 1.88. The molecular formula is C16H18ClNO3S2. The van der Waals surface area contributed by atoms with Crippen LogP contribution in [0.2, 0.25) is 5.02 Å². The van der Waals surface area contributed by atoms with E-state index in [0.29, 0.717) is 17.3 Å². The Morgan fingerprint density at radius 2 is 1.91 bits per heavy atom. The van der Waals surface area contributed by atoms with Crippen LogP contribution in [0.25, 0.3) is 0 Å². The second kappa shape index (κ2) is 8.59. The predicted molar refractivity (Wildman–Crippen MR) is 95.8 cm³/mol. The molecule has 0 aliphatic rings. The summed E-state index contributed by atoms with van der Waals surface area (Å²) in [7, 11) is -2.21. The molecule has 0 spiro atoms. The van der Waals surface area contributed by atoms with Crippen LogP contribution in [0.1, 0.15) is 5.56 Å². The summed E-state index contributed by atoms with van der Waals surface area (Å²) in [5.74, 6) is 1.80. The van der Waals surface area contributed by atoms with Crippen molar-refractivity contribution < 1.29 is 13.2 Å². The SMILES string of the molecule is COc1ccc(Cl)cc1S(=O)(=O)NCCSCc1ccccc1. The summed E-state index contributed by atoms with van der Waals surface area (Å²) in [6, 6.07) is 14.6. The predicted octanol–water partition coefficient (Wildman–Crippen LogP) is 3.56. The molecule has 0 atom stereocenters. The quantitative estimate of drug-likeness (QED) is 0.721. The zero-order valence-corrected chi connectivity index (χ0v) is 15.0. The van der Waals surface area contributed by atoms with E-state index in [0.717, 1.165) is 5.75 Å². The summed E-state index contributed by atoms with van der Waals surface area (Å²) in [4.78, 5) is 0.0561. The molecule has 0 fully saturated rings. The molecule has 0 aliphatic carbocycles. The number of thioether (sulfide) groups is 1. The summed E-state index contributed by atoms with van der Waals surface area (Å²) >= 11 is 7.55. The highest BCUT2D eigenvalue weighted by atomic mass is 35.5. The van der Waals surface area contributed by atoms with Crippen molar-refractivity contribution in [3.05, 3.63) is 59.1 Å². The van der Waals surface area contributed by atoms with Crippen LogP contribution in [0.5, 0.6) is 5.75 Å². The largest absolute Gasteiger partial charge is 0.495 e. The number of rotatable bonds is 8. The van der Waals surface area contributed by atoms with Gasteiger partial charge < -0.3 is 4.74 Å². The van der Waals surface area contributed by atoms with Gasteiger partial charge in [0.05, 0.1) is 7.11 Å². The van der Waals surface area contributed by atoms with Crippen LogP contribution in [0.15, 0.2) is 53.4 Å². The molecule has 0 amide bonds. The fraction of sp³-hybridized carbons (Fsp3) is 0.250. The highest BCUT2D eigenvalue weighted by Crippen LogP contribution is 2.26. The summed E-state index contributed by atoms with van der Waals surface area (Å²) in [5.41, 5.74) is 1.22. The molecular weight excluding hydrogens is 354 g/mol. The van der Waals surface area contributed by atoms with Crippen molar-refractivity contribution in [2.24, 2.45) is 0 Å². The van der Waals surface area contributed by atoms with E-state index in [1.807, 2.05) is 30.3 Å². The van der Waals surface area contributed by atoms with Crippen molar-refractivity contribution in [1.82, 2.24) is 4.72 Å². The third-order valence-corrected chi connectivity index (χ3v) is 5.81. The summed E-state index contributed by atoms with van der Waals surface area (Å²) in [6.07, 6.45) is 0. The van der Waals surface area contributed by atoms with Crippen LogP contribution in [-0.4, -0.2) is 27.8 Å². The number of benzene rings is 2. The van der Waals surface area contributed by atoms with E-state index in [1.165, 1.54) is 18.7 Å². The molecule has 124 valence electrons. The maximum absolute atomic E-state index is 12.3. The molecule has 0 bridgehead atoms. The van der Waals surface area contributed by atoms with Crippen LogP contribution >= 0.6 is 23.4 Å². The number of ether oxygens (including phenoxy) is 1. The summed E-state index contributed by atoms with van der Waals surface area (Å²) in [5, 5.41) is 0.352. The second-order valence-corrected chi connectivity index (χ2v) is 8.01. The van der Waals surface area contributed by atoms with Crippen LogP contribution in [-0.2, 0) is 15.8 Å². The molecule has 7 heteroatoms. The molecule has 23 heavy (non-hydrogen) atoms. The Hall–Kier alpha value is -1.21. The van der Waals surface area contributed by atoms with Crippen molar-refractivity contribution in [3.8, 4) is 5.75 Å². The van der Waals surface area contributed by atoms with Gasteiger partial charge in [-0.1, -0.05) is 41.9 Å². The van der Waals surface area contributed by atoms with Gasteiger partial charge >= 0.3 is 0 Å². The molecule has 2 aromatic carbocycles. The Labute approximate surface area is 146 Å². The number of sulfonamides is 1. The highest BCUT2D eigenvalue weighted by molar-refractivity contribution is 7.98. The molecule has 4 nitrogen and oxygen atoms in total. The summed E-state index contributed by atoms with van der Waals surface area (Å²) < 4.78 is 32.3. The van der Waals surface area contributed by atoms with E-state index >= 15 is 0 Å². The van der Waals surface area contributed by atoms with Gasteiger partial charge in [-0.05, 0) is 23.8 Å². The molecule has 1 N–H and O–H groups in total. The van der Waals surface area contributed by atoms with Crippen molar-refractivity contribution in [1.29, 1.82) is 0 Å². The molecule has 2 aromatic rings. The number of hydrogen-bond donors (Lipinski definition) is 1. The van der Waals surface area contributed by atoms with E-state index in [2.05, 4.69) is 4.72 Å². The van der Waals surface area contributed by atoms with E-state index in [4.69, 9.17) is 16.3 Å². The average molecular weight is 372 g/mol. The minimum Gasteiger partial charge on any atom is -0.495 e. The fourth-order valence-electron chi connectivity index (χ4n) is 1.95. The number of nitrogens with one attached hydrogen (secondary N) is 1. The highest BCUT2D eigenvalue weighted by Gasteiger charge is 2.19. The van der Waals surface area contributed by atoms with Gasteiger partial charge in [-0.15, -0.1) is 0 Å². The first-order valence-corrected chi connectivity index (χ1v) is 9.99. The van der Waals surface area contributed by atoms with Crippen LogP contribution in [0.3, 0.4) is 0 Å². The van der Waals surface area contributed by atoms with Crippen molar-refractivity contribution in [2.45, 2.75) is 10.6 Å². The maximum Gasteiger partial charge on any atom is 0.244 e. The Kier molecular flexibility index (Phi) is 6.77. The number of halogens is 1. The number of methoxy groups -OCH3 is 1. The van der Waals surface area contributed by atoms with Crippen LogP contribution in [0, 0.1) is 0 Å². The van der Waals surface area contributed by atoms with Crippen LogP contribution in [0.4, 0.5) is 0 Å². The Bertz CT molecular complexity index is 736. The van der Waals surface area contributed by atoms with E-state index in [-0.39, 0.29) is 10.6 Å². The second-order valence-electron chi connectivity index (χ2n) is 4.73. The molecule has 0 saturated carbocycles. The van der Waals surface area contributed by atoms with Gasteiger partial charge in [-0.3, -0.25) is 0 Å². The lowest BCUT2D eigenvalue weighted by atomic mass is 10.2. The molecule has 0 aromatic heterocycles. The van der Waals surface area contributed by atoms with Gasteiger partial charge in [-0.25, -0.2) is 13.1 Å². The van der Waals surface area contributed by atoms with E-state index < -0.39 is 10.0 Å². The average Bonchev–Trinajstić information content (AvgIpc) is 2.55. The van der Waals surface area contributed by atoms with Gasteiger partial charge in [0.2, 0.25) is 10.0 Å². The number of hydrogen-bond acceptors (Lipinski definition) is 4. The van der Waals surface area contributed by atoms with E-state index in [9.17, 15) is 8.42 Å². The van der Waals surface area contributed by atoms with Crippen LogP contribution < -0.4 is 9.46 Å². The molecule has 0 aliphatic heterocycles. The lowest BCUT2D eigenvalue weighted by Crippen LogP contribution is -2.26. The molecule has 0 heterocycles. The van der Waals surface area contributed by atoms with Gasteiger partial charge in [0.1, 0.15) is 10.6 Å². The lowest BCUT2D eigenvalue weighted by molar-refractivity contribution is 0.402. The molecule has 0 unspecified atom stereocenters. The van der Waals surface area contributed by atoms with Gasteiger partial charge in [-0.2, -0.15) is 11.8 Å². The van der Waals surface area contributed by atoms with Crippen molar-refractivity contribution >= 4 is 33.4 Å². The zero-order valence-electron chi connectivity index (χ0n) is 12.7. The van der Waals surface area contributed by atoms with Gasteiger partial charge in [0, 0.05) is 23.1 Å². The zero-order chi connectivity index (χ0) is 16.7. The first-order chi connectivity index (χ1) is 11.0. The topological polar surface area (TPSA) is 55.4 Å². The monoisotopic (exact) mass is 371 g/mol. The fourth-order valence-corrected chi connectivity index (χ4v) is 4.36. The lowest BCUT2D eigenvalue weighted by Gasteiger charge is -2.11. The van der Waals surface area contributed by atoms with Crippen molar-refractivity contribution in [3.63, 3.8) is 0 Å². The van der Waals surface area contributed by atoms with Crippen molar-refractivity contribution in [2.75, 3.05) is 19.4 Å². The first-order valence-electron chi connectivity index (χ1n) is 6.98.